The van der Waals surface area contributed by atoms with Crippen LogP contribution >= 0.6 is 11.6 Å². The second-order valence-electron chi connectivity index (χ2n) is 6.31. The van der Waals surface area contributed by atoms with Gasteiger partial charge in [0.05, 0.1) is 22.1 Å². The molecule has 4 rings (SSSR count). The van der Waals surface area contributed by atoms with Gasteiger partial charge in [-0.3, -0.25) is 4.79 Å². The van der Waals surface area contributed by atoms with E-state index in [9.17, 15) is 4.79 Å². The van der Waals surface area contributed by atoms with Crippen LogP contribution in [0.3, 0.4) is 0 Å². The second kappa shape index (κ2) is 6.55. The third-order valence-electron chi connectivity index (χ3n) is 4.33. The van der Waals surface area contributed by atoms with Gasteiger partial charge in [0.1, 0.15) is 5.52 Å². The fraction of sp³-hybridized carbons (Fsp3) is 0.150. The van der Waals surface area contributed by atoms with Crippen LogP contribution in [0.25, 0.3) is 16.8 Å². The molecule has 0 unspecified atom stereocenters. The molecule has 1 N–H and O–H groups in total. The first-order chi connectivity index (χ1) is 12.9. The number of halogens is 1. The fourth-order valence-corrected chi connectivity index (χ4v) is 3.07. The molecule has 0 aliphatic rings. The van der Waals surface area contributed by atoms with Crippen molar-refractivity contribution in [1.29, 1.82) is 0 Å². The van der Waals surface area contributed by atoms with Crippen molar-refractivity contribution in [3.8, 4) is 5.69 Å². The summed E-state index contributed by atoms with van der Waals surface area (Å²) in [5.74, 6) is 0.390. The van der Waals surface area contributed by atoms with E-state index in [2.05, 4.69) is 15.4 Å². The number of hydrogen-bond acceptors (Lipinski definition) is 4. The molecule has 0 spiro atoms. The van der Waals surface area contributed by atoms with Crippen LogP contribution in [-0.2, 0) is 0 Å². The lowest BCUT2D eigenvalue weighted by molar-refractivity contribution is 0.102. The predicted octanol–water partition coefficient (Wildman–Crippen LogP) is 4.84. The topological polar surface area (TPSA) is 73.0 Å². The number of fused-ring (bicyclic) bond motifs is 1. The maximum Gasteiger partial charge on any atom is 0.255 e. The normalized spacial score (nSPS) is 11.1. The molecule has 1 amide bonds. The zero-order chi connectivity index (χ0) is 19.1. The highest BCUT2D eigenvalue weighted by molar-refractivity contribution is 6.31. The maximum absolute atomic E-state index is 12.5. The van der Waals surface area contributed by atoms with Gasteiger partial charge >= 0.3 is 0 Å². The van der Waals surface area contributed by atoms with Gasteiger partial charge in [-0.05, 0) is 56.3 Å². The summed E-state index contributed by atoms with van der Waals surface area (Å²) in [5, 5.41) is 7.95. The molecule has 2 aromatic carbocycles. The van der Waals surface area contributed by atoms with E-state index < -0.39 is 0 Å². The molecule has 0 aliphatic heterocycles. The lowest BCUT2D eigenvalue weighted by Crippen LogP contribution is -2.12. The SMILES string of the molecule is Cc1nc2cc(NC(=O)c3ccc(-n4nc(C)c(Cl)c4C)cc3)ccc2o1. The highest BCUT2D eigenvalue weighted by Crippen LogP contribution is 2.23. The van der Waals surface area contributed by atoms with Gasteiger partial charge in [0, 0.05) is 18.2 Å². The zero-order valence-electron chi connectivity index (χ0n) is 15.1. The molecule has 2 aromatic heterocycles. The van der Waals surface area contributed by atoms with E-state index in [4.69, 9.17) is 16.0 Å². The molecule has 0 saturated carbocycles. The van der Waals surface area contributed by atoms with Crippen LogP contribution in [-0.4, -0.2) is 20.7 Å². The zero-order valence-corrected chi connectivity index (χ0v) is 15.8. The standard InChI is InChI=1S/C20H17ClN4O2/c1-11-19(21)12(2)25(24-11)16-7-4-14(5-8-16)20(26)23-15-6-9-18-17(10-15)22-13(3)27-18/h4-10H,1-3H3,(H,23,26). The average Bonchev–Trinajstić information content (AvgIpc) is 3.15. The van der Waals surface area contributed by atoms with Gasteiger partial charge < -0.3 is 9.73 Å². The number of carbonyl (C=O) groups excluding carboxylic acids is 1. The molecule has 0 bridgehead atoms. The summed E-state index contributed by atoms with van der Waals surface area (Å²) < 4.78 is 7.21. The van der Waals surface area contributed by atoms with E-state index in [0.29, 0.717) is 33.3 Å². The molecule has 27 heavy (non-hydrogen) atoms. The number of nitrogens with zero attached hydrogens (tertiary/aromatic N) is 3. The average molecular weight is 381 g/mol. The van der Waals surface area contributed by atoms with E-state index >= 15 is 0 Å². The van der Waals surface area contributed by atoms with E-state index in [1.807, 2.05) is 26.0 Å². The fourth-order valence-electron chi connectivity index (χ4n) is 2.95. The number of rotatable bonds is 3. The highest BCUT2D eigenvalue weighted by atomic mass is 35.5. The number of hydrogen-bond donors (Lipinski definition) is 1. The molecule has 2 heterocycles. The van der Waals surface area contributed by atoms with Crippen molar-refractivity contribution in [2.75, 3.05) is 5.32 Å². The first kappa shape index (κ1) is 17.3. The van der Waals surface area contributed by atoms with Crippen LogP contribution in [0.1, 0.15) is 27.6 Å². The Hall–Kier alpha value is -3.12. The quantitative estimate of drug-likeness (QED) is 0.551. The third-order valence-corrected chi connectivity index (χ3v) is 4.88. The van der Waals surface area contributed by atoms with Crippen LogP contribution in [0.4, 0.5) is 5.69 Å². The number of anilines is 1. The monoisotopic (exact) mass is 380 g/mol. The molecule has 7 heteroatoms. The van der Waals surface area contributed by atoms with E-state index in [-0.39, 0.29) is 5.91 Å². The second-order valence-corrected chi connectivity index (χ2v) is 6.69. The summed E-state index contributed by atoms with van der Waals surface area (Å²) in [6.07, 6.45) is 0. The minimum atomic E-state index is -0.201. The van der Waals surface area contributed by atoms with E-state index in [0.717, 1.165) is 17.1 Å². The lowest BCUT2D eigenvalue weighted by atomic mass is 10.2. The van der Waals surface area contributed by atoms with Crippen molar-refractivity contribution < 1.29 is 9.21 Å². The van der Waals surface area contributed by atoms with Crippen LogP contribution in [0.2, 0.25) is 5.02 Å². The number of carbonyl (C=O) groups is 1. The Kier molecular flexibility index (Phi) is 4.20. The Morgan fingerprint density at radius 3 is 2.52 bits per heavy atom. The Morgan fingerprint density at radius 1 is 1.11 bits per heavy atom. The van der Waals surface area contributed by atoms with E-state index in [1.165, 1.54) is 0 Å². The number of amides is 1. The predicted molar refractivity (Wildman–Crippen MR) is 105 cm³/mol. The maximum atomic E-state index is 12.5. The lowest BCUT2D eigenvalue weighted by Gasteiger charge is -2.07. The summed E-state index contributed by atoms with van der Waals surface area (Å²) in [6.45, 7) is 5.56. The van der Waals surface area contributed by atoms with Crippen molar-refractivity contribution in [3.63, 3.8) is 0 Å². The highest BCUT2D eigenvalue weighted by Gasteiger charge is 2.12. The van der Waals surface area contributed by atoms with Gasteiger partial charge in [-0.2, -0.15) is 5.10 Å². The first-order valence-corrected chi connectivity index (χ1v) is 8.81. The largest absolute Gasteiger partial charge is 0.441 e. The molecular formula is C20H17ClN4O2. The molecule has 0 saturated heterocycles. The van der Waals surface area contributed by atoms with Crippen molar-refractivity contribution in [2.24, 2.45) is 0 Å². The van der Waals surface area contributed by atoms with Gasteiger partial charge in [-0.15, -0.1) is 0 Å². The summed E-state index contributed by atoms with van der Waals surface area (Å²) in [4.78, 5) is 16.8. The number of benzene rings is 2. The molecule has 6 nitrogen and oxygen atoms in total. The van der Waals surface area contributed by atoms with E-state index in [1.54, 1.807) is 41.9 Å². The molecule has 0 atom stereocenters. The van der Waals surface area contributed by atoms with Crippen molar-refractivity contribution in [2.45, 2.75) is 20.8 Å². The van der Waals surface area contributed by atoms with Gasteiger partial charge in [0.2, 0.25) is 0 Å². The number of oxazole rings is 1. The van der Waals surface area contributed by atoms with Crippen LogP contribution in [0.5, 0.6) is 0 Å². The summed E-state index contributed by atoms with van der Waals surface area (Å²) >= 11 is 6.20. The minimum Gasteiger partial charge on any atom is -0.441 e. The summed E-state index contributed by atoms with van der Waals surface area (Å²) in [7, 11) is 0. The number of aromatic nitrogens is 3. The summed E-state index contributed by atoms with van der Waals surface area (Å²) in [6, 6.07) is 12.6. The van der Waals surface area contributed by atoms with Crippen molar-refractivity contribution in [3.05, 3.63) is 70.3 Å². The van der Waals surface area contributed by atoms with Crippen molar-refractivity contribution in [1.82, 2.24) is 14.8 Å². The molecule has 0 fully saturated rings. The van der Waals surface area contributed by atoms with Crippen molar-refractivity contribution >= 4 is 34.3 Å². The van der Waals surface area contributed by atoms with Crippen LogP contribution in [0, 0.1) is 20.8 Å². The Bertz CT molecular complexity index is 1160. The Balaban J connectivity index is 1.55. The molecule has 4 aromatic rings. The van der Waals surface area contributed by atoms with Gasteiger partial charge in [-0.25, -0.2) is 9.67 Å². The van der Waals surface area contributed by atoms with Crippen LogP contribution < -0.4 is 5.32 Å². The molecule has 0 radical (unpaired) electrons. The molecule has 0 aliphatic carbocycles. The summed E-state index contributed by atoms with van der Waals surface area (Å²) in [5.41, 5.74) is 5.09. The Morgan fingerprint density at radius 2 is 1.85 bits per heavy atom. The molecule has 136 valence electrons. The number of nitrogens with one attached hydrogen (secondary N) is 1. The van der Waals surface area contributed by atoms with Gasteiger partial charge in [0.15, 0.2) is 11.5 Å². The van der Waals surface area contributed by atoms with Gasteiger partial charge in [0.25, 0.3) is 5.91 Å². The Labute approximate surface area is 160 Å². The third kappa shape index (κ3) is 3.19. The van der Waals surface area contributed by atoms with Gasteiger partial charge in [-0.1, -0.05) is 11.6 Å². The molecular weight excluding hydrogens is 364 g/mol. The minimum absolute atomic E-state index is 0.201. The smallest absolute Gasteiger partial charge is 0.255 e. The first-order valence-electron chi connectivity index (χ1n) is 8.43. The van der Waals surface area contributed by atoms with Crippen LogP contribution in [0.15, 0.2) is 46.9 Å². The number of aryl methyl sites for hydroxylation is 2.